The number of hydrogen-bond donors (Lipinski definition) is 1. The van der Waals surface area contributed by atoms with Crippen molar-refractivity contribution < 1.29 is 9.72 Å². The number of hydrazone groups is 1. The SMILES string of the molecule is O=C(N/N=C\c1ccc([N+](=O)[O-])cc1Br)c1ccc(I)cc1. The molecule has 2 rings (SSSR count). The van der Waals surface area contributed by atoms with Crippen molar-refractivity contribution in [1.82, 2.24) is 5.43 Å². The van der Waals surface area contributed by atoms with E-state index < -0.39 is 4.92 Å². The van der Waals surface area contributed by atoms with Crippen molar-refractivity contribution in [3.8, 4) is 0 Å². The molecule has 0 atom stereocenters. The highest BCUT2D eigenvalue weighted by Crippen LogP contribution is 2.21. The highest BCUT2D eigenvalue weighted by molar-refractivity contribution is 14.1. The van der Waals surface area contributed by atoms with Crippen molar-refractivity contribution in [1.29, 1.82) is 0 Å². The second kappa shape index (κ2) is 7.45. The fraction of sp³-hybridized carbons (Fsp3) is 0. The van der Waals surface area contributed by atoms with Gasteiger partial charge in [0.15, 0.2) is 0 Å². The van der Waals surface area contributed by atoms with Crippen LogP contribution in [-0.2, 0) is 0 Å². The van der Waals surface area contributed by atoms with E-state index in [0.29, 0.717) is 15.6 Å². The average Bonchev–Trinajstić information content (AvgIpc) is 2.49. The summed E-state index contributed by atoms with van der Waals surface area (Å²) in [5, 5.41) is 14.5. The van der Waals surface area contributed by atoms with Crippen LogP contribution >= 0.6 is 38.5 Å². The molecular formula is C14H9BrIN3O3. The van der Waals surface area contributed by atoms with E-state index in [2.05, 4.69) is 49.0 Å². The molecule has 2 aromatic rings. The molecule has 1 N–H and O–H groups in total. The molecule has 0 aromatic heterocycles. The Labute approximate surface area is 148 Å². The Kier molecular flexibility index (Phi) is 5.61. The lowest BCUT2D eigenvalue weighted by molar-refractivity contribution is -0.384. The van der Waals surface area contributed by atoms with Crippen LogP contribution < -0.4 is 5.43 Å². The number of non-ortho nitro benzene ring substituents is 1. The van der Waals surface area contributed by atoms with Gasteiger partial charge in [0, 0.05) is 31.3 Å². The number of halogens is 2. The molecule has 0 unspecified atom stereocenters. The first kappa shape index (κ1) is 16.6. The predicted molar refractivity (Wildman–Crippen MR) is 95.0 cm³/mol. The Hall–Kier alpha value is -1.81. The number of amides is 1. The Morgan fingerprint density at radius 2 is 1.95 bits per heavy atom. The number of hydrogen-bond acceptors (Lipinski definition) is 4. The first-order chi connectivity index (χ1) is 10.5. The first-order valence-corrected chi connectivity index (χ1v) is 7.87. The second-order valence-corrected chi connectivity index (χ2v) is 6.27. The summed E-state index contributed by atoms with van der Waals surface area (Å²) in [6, 6.07) is 11.3. The Bertz CT molecular complexity index is 747. The van der Waals surface area contributed by atoms with Gasteiger partial charge < -0.3 is 0 Å². The van der Waals surface area contributed by atoms with Gasteiger partial charge in [-0.2, -0.15) is 5.10 Å². The molecule has 0 saturated heterocycles. The standard InChI is InChI=1S/C14H9BrIN3O3/c15-13-7-12(19(21)22)6-3-10(13)8-17-18-14(20)9-1-4-11(16)5-2-9/h1-8H,(H,18,20)/b17-8-. The van der Waals surface area contributed by atoms with E-state index in [4.69, 9.17) is 0 Å². The minimum atomic E-state index is -0.482. The maximum absolute atomic E-state index is 11.8. The van der Waals surface area contributed by atoms with Gasteiger partial charge in [-0.15, -0.1) is 0 Å². The van der Waals surface area contributed by atoms with Crippen LogP contribution in [0.5, 0.6) is 0 Å². The zero-order chi connectivity index (χ0) is 16.1. The zero-order valence-corrected chi connectivity index (χ0v) is 14.7. The number of nitro groups is 1. The van der Waals surface area contributed by atoms with E-state index in [1.807, 2.05) is 12.1 Å². The van der Waals surface area contributed by atoms with Crippen LogP contribution in [-0.4, -0.2) is 17.0 Å². The topological polar surface area (TPSA) is 84.6 Å². The first-order valence-electron chi connectivity index (χ1n) is 6.00. The highest BCUT2D eigenvalue weighted by atomic mass is 127. The van der Waals surface area contributed by atoms with Crippen molar-refractivity contribution >= 4 is 56.3 Å². The summed E-state index contributed by atoms with van der Waals surface area (Å²) < 4.78 is 1.56. The number of benzene rings is 2. The van der Waals surface area contributed by atoms with Gasteiger partial charge in [-0.05, 0) is 68.9 Å². The van der Waals surface area contributed by atoms with Crippen LogP contribution in [0.15, 0.2) is 52.0 Å². The summed E-state index contributed by atoms with van der Waals surface area (Å²) in [4.78, 5) is 22.0. The molecule has 1 amide bonds. The quantitative estimate of drug-likeness (QED) is 0.318. The summed E-state index contributed by atoms with van der Waals surface area (Å²) in [6.45, 7) is 0. The molecule has 6 nitrogen and oxygen atoms in total. The van der Waals surface area contributed by atoms with Crippen LogP contribution in [0.4, 0.5) is 5.69 Å². The second-order valence-electron chi connectivity index (χ2n) is 4.17. The molecule has 0 heterocycles. The summed E-state index contributed by atoms with van der Waals surface area (Å²) in [7, 11) is 0. The third-order valence-corrected chi connectivity index (χ3v) is 4.08. The largest absolute Gasteiger partial charge is 0.271 e. The fourth-order valence-corrected chi connectivity index (χ4v) is 2.39. The smallest absolute Gasteiger partial charge is 0.267 e. The molecule has 0 saturated carbocycles. The Morgan fingerprint density at radius 3 is 2.55 bits per heavy atom. The summed E-state index contributed by atoms with van der Waals surface area (Å²) in [6.07, 6.45) is 1.42. The molecule has 0 bridgehead atoms. The maximum Gasteiger partial charge on any atom is 0.271 e. The lowest BCUT2D eigenvalue weighted by Gasteiger charge is -2.01. The van der Waals surface area contributed by atoms with Gasteiger partial charge in [-0.3, -0.25) is 14.9 Å². The van der Waals surface area contributed by atoms with E-state index in [0.717, 1.165) is 3.57 Å². The molecular weight excluding hydrogens is 465 g/mol. The molecule has 0 spiro atoms. The van der Waals surface area contributed by atoms with E-state index in [1.165, 1.54) is 18.3 Å². The number of carbonyl (C=O) groups excluding carboxylic acids is 1. The highest BCUT2D eigenvalue weighted by Gasteiger charge is 2.08. The van der Waals surface area contributed by atoms with Crippen LogP contribution in [0.3, 0.4) is 0 Å². The zero-order valence-electron chi connectivity index (χ0n) is 11.0. The van der Waals surface area contributed by atoms with Gasteiger partial charge in [0.1, 0.15) is 0 Å². The van der Waals surface area contributed by atoms with Crippen molar-refractivity contribution in [2.45, 2.75) is 0 Å². The molecule has 0 aliphatic carbocycles. The number of nitro benzene ring substituents is 1. The maximum atomic E-state index is 11.8. The third-order valence-electron chi connectivity index (χ3n) is 2.67. The minimum absolute atomic E-state index is 0.0213. The molecule has 0 radical (unpaired) electrons. The molecule has 0 aliphatic rings. The van der Waals surface area contributed by atoms with E-state index in [-0.39, 0.29) is 11.6 Å². The lowest BCUT2D eigenvalue weighted by atomic mass is 10.2. The van der Waals surface area contributed by atoms with Crippen LogP contribution in [0.25, 0.3) is 0 Å². The molecule has 0 fully saturated rings. The summed E-state index contributed by atoms with van der Waals surface area (Å²) in [5.74, 6) is -0.328. The molecule has 2 aromatic carbocycles. The monoisotopic (exact) mass is 473 g/mol. The van der Waals surface area contributed by atoms with Gasteiger partial charge in [0.25, 0.3) is 11.6 Å². The van der Waals surface area contributed by atoms with Crippen molar-refractivity contribution in [3.63, 3.8) is 0 Å². The summed E-state index contributed by atoms with van der Waals surface area (Å²) >= 11 is 5.38. The van der Waals surface area contributed by atoms with Gasteiger partial charge in [0.2, 0.25) is 0 Å². The molecule has 112 valence electrons. The number of rotatable bonds is 4. The van der Waals surface area contributed by atoms with Crippen LogP contribution in [0.1, 0.15) is 15.9 Å². The van der Waals surface area contributed by atoms with Crippen molar-refractivity contribution in [2.75, 3.05) is 0 Å². The molecule has 22 heavy (non-hydrogen) atoms. The normalized spacial score (nSPS) is 10.6. The fourth-order valence-electron chi connectivity index (χ4n) is 1.56. The van der Waals surface area contributed by atoms with Gasteiger partial charge in [0.05, 0.1) is 11.1 Å². The van der Waals surface area contributed by atoms with Gasteiger partial charge in [-0.25, -0.2) is 5.43 Å². The van der Waals surface area contributed by atoms with Crippen LogP contribution in [0.2, 0.25) is 0 Å². The van der Waals surface area contributed by atoms with Crippen LogP contribution in [0, 0.1) is 13.7 Å². The van der Waals surface area contributed by atoms with E-state index >= 15 is 0 Å². The minimum Gasteiger partial charge on any atom is -0.267 e. The molecule has 0 aliphatic heterocycles. The Balaban J connectivity index is 2.05. The van der Waals surface area contributed by atoms with Gasteiger partial charge in [-0.1, -0.05) is 0 Å². The van der Waals surface area contributed by atoms with Gasteiger partial charge >= 0.3 is 0 Å². The number of nitrogens with one attached hydrogen (secondary N) is 1. The van der Waals surface area contributed by atoms with Crippen molar-refractivity contribution in [3.05, 3.63) is 71.7 Å². The van der Waals surface area contributed by atoms with E-state index in [1.54, 1.807) is 18.2 Å². The third kappa shape index (κ3) is 4.34. The predicted octanol–water partition coefficient (Wildman–Crippen LogP) is 3.73. The average molecular weight is 474 g/mol. The van der Waals surface area contributed by atoms with E-state index in [9.17, 15) is 14.9 Å². The summed E-state index contributed by atoms with van der Waals surface area (Å²) in [5.41, 5.74) is 3.50. The number of carbonyl (C=O) groups is 1. The molecule has 8 heteroatoms. The Morgan fingerprint density at radius 1 is 1.27 bits per heavy atom. The number of nitrogens with zero attached hydrogens (tertiary/aromatic N) is 2. The van der Waals surface area contributed by atoms with Crippen molar-refractivity contribution in [2.24, 2.45) is 5.10 Å². The lowest BCUT2D eigenvalue weighted by Crippen LogP contribution is -2.17.